The van der Waals surface area contributed by atoms with Crippen LogP contribution in [0.25, 0.3) is 22.4 Å². The molecule has 1 aromatic heterocycles. The summed E-state index contributed by atoms with van der Waals surface area (Å²) in [6, 6.07) is 9.55. The van der Waals surface area contributed by atoms with Gasteiger partial charge in [-0.15, -0.1) is 0 Å². The van der Waals surface area contributed by atoms with Crippen molar-refractivity contribution in [1.29, 1.82) is 0 Å². The molecule has 6 nitrogen and oxygen atoms in total. The Hall–Kier alpha value is -3.09. The number of hydrogen-bond donors (Lipinski definition) is 1. The third kappa shape index (κ3) is 3.71. The van der Waals surface area contributed by atoms with Crippen molar-refractivity contribution in [2.45, 2.75) is 6.92 Å². The second-order valence-corrected chi connectivity index (χ2v) is 5.21. The number of esters is 1. The van der Waals surface area contributed by atoms with Crippen LogP contribution in [0.2, 0.25) is 0 Å². The van der Waals surface area contributed by atoms with Gasteiger partial charge in [0.15, 0.2) is 18.1 Å². The van der Waals surface area contributed by atoms with Crippen molar-refractivity contribution in [2.75, 3.05) is 20.3 Å². The number of nitrogens with one attached hydrogen (secondary N) is 1. The largest absolute Gasteiger partial charge is 0.493 e. The first kappa shape index (κ1) is 16.8. The summed E-state index contributed by atoms with van der Waals surface area (Å²) >= 11 is 0. The fourth-order valence-corrected chi connectivity index (χ4v) is 2.39. The third-order valence-electron chi connectivity index (χ3n) is 3.53. The lowest BCUT2D eigenvalue weighted by molar-refractivity contribution is -0.145. The zero-order valence-electron chi connectivity index (χ0n) is 13.8. The van der Waals surface area contributed by atoms with E-state index in [1.165, 1.54) is 19.2 Å². The van der Waals surface area contributed by atoms with Crippen LogP contribution in [-0.2, 0) is 9.53 Å². The minimum Gasteiger partial charge on any atom is -0.493 e. The summed E-state index contributed by atoms with van der Waals surface area (Å²) in [7, 11) is 1.50. The number of nitrogens with zero attached hydrogens (tertiary/aromatic N) is 1. The van der Waals surface area contributed by atoms with Gasteiger partial charge in [-0.3, -0.25) is 0 Å². The maximum atomic E-state index is 13.3. The van der Waals surface area contributed by atoms with E-state index in [4.69, 9.17) is 14.2 Å². The fourth-order valence-electron chi connectivity index (χ4n) is 2.39. The van der Waals surface area contributed by atoms with E-state index < -0.39 is 5.97 Å². The van der Waals surface area contributed by atoms with Crippen LogP contribution in [0.15, 0.2) is 36.4 Å². The maximum absolute atomic E-state index is 13.3. The van der Waals surface area contributed by atoms with Crippen LogP contribution >= 0.6 is 0 Å². The summed E-state index contributed by atoms with van der Waals surface area (Å²) in [5.74, 6) is 0.668. The summed E-state index contributed by atoms with van der Waals surface area (Å²) in [4.78, 5) is 18.9. The lowest BCUT2D eigenvalue weighted by atomic mass is 10.2. The lowest BCUT2D eigenvalue weighted by Crippen LogP contribution is -2.14. The minimum absolute atomic E-state index is 0.201. The summed E-state index contributed by atoms with van der Waals surface area (Å²) in [5.41, 5.74) is 2.02. The summed E-state index contributed by atoms with van der Waals surface area (Å²) < 4.78 is 28.9. The highest BCUT2D eigenvalue weighted by molar-refractivity contribution is 5.79. The van der Waals surface area contributed by atoms with Crippen LogP contribution in [0.4, 0.5) is 4.39 Å². The van der Waals surface area contributed by atoms with E-state index in [1.54, 1.807) is 31.2 Å². The maximum Gasteiger partial charge on any atom is 0.344 e. The van der Waals surface area contributed by atoms with Gasteiger partial charge in [0.2, 0.25) is 0 Å². The number of carbonyl (C=O) groups is 1. The average Bonchev–Trinajstić information content (AvgIpc) is 3.03. The molecule has 3 aromatic rings. The van der Waals surface area contributed by atoms with Crippen LogP contribution in [0.5, 0.6) is 11.5 Å². The molecule has 0 unspecified atom stereocenters. The van der Waals surface area contributed by atoms with Crippen LogP contribution in [0.1, 0.15) is 6.92 Å². The van der Waals surface area contributed by atoms with E-state index in [0.29, 0.717) is 35.0 Å². The molecule has 0 saturated carbocycles. The van der Waals surface area contributed by atoms with Crippen LogP contribution in [0.3, 0.4) is 0 Å². The Labute approximate surface area is 143 Å². The molecule has 2 aromatic carbocycles. The molecule has 3 rings (SSSR count). The number of halogens is 1. The van der Waals surface area contributed by atoms with Gasteiger partial charge in [-0.1, -0.05) is 0 Å². The van der Waals surface area contributed by atoms with E-state index in [0.717, 1.165) is 5.56 Å². The molecule has 1 heterocycles. The Bertz CT molecular complexity index is 907. The molecule has 0 aliphatic heterocycles. The van der Waals surface area contributed by atoms with Crippen molar-refractivity contribution in [2.24, 2.45) is 0 Å². The zero-order valence-corrected chi connectivity index (χ0v) is 13.8. The quantitative estimate of drug-likeness (QED) is 0.695. The molecule has 0 bridgehead atoms. The first-order valence-corrected chi connectivity index (χ1v) is 7.73. The molecule has 0 saturated heterocycles. The number of methoxy groups -OCH3 is 1. The molecule has 0 fully saturated rings. The molecule has 7 heteroatoms. The van der Waals surface area contributed by atoms with Gasteiger partial charge >= 0.3 is 5.97 Å². The van der Waals surface area contributed by atoms with E-state index in [1.807, 2.05) is 0 Å². The average molecular weight is 344 g/mol. The molecule has 0 spiro atoms. The van der Waals surface area contributed by atoms with Gasteiger partial charge in [-0.25, -0.2) is 14.2 Å². The smallest absolute Gasteiger partial charge is 0.344 e. The Balaban J connectivity index is 1.85. The Morgan fingerprint density at radius 2 is 2.04 bits per heavy atom. The van der Waals surface area contributed by atoms with Crippen molar-refractivity contribution < 1.29 is 23.4 Å². The third-order valence-corrected chi connectivity index (χ3v) is 3.53. The topological polar surface area (TPSA) is 73.4 Å². The SMILES string of the molecule is CCOC(=O)COc1ccc(-c2nc3ccc(F)cc3[nH]2)cc1OC. The first-order chi connectivity index (χ1) is 12.1. The predicted octanol–water partition coefficient (Wildman–Crippen LogP) is 3.32. The van der Waals surface area contributed by atoms with Crippen LogP contribution < -0.4 is 9.47 Å². The van der Waals surface area contributed by atoms with Crippen molar-refractivity contribution >= 4 is 17.0 Å². The van der Waals surface area contributed by atoms with Crippen molar-refractivity contribution in [1.82, 2.24) is 9.97 Å². The molecule has 1 N–H and O–H groups in total. The van der Waals surface area contributed by atoms with Gasteiger partial charge in [0.25, 0.3) is 0 Å². The standard InChI is InChI=1S/C18H17FN2O4/c1-3-24-17(22)10-25-15-7-4-11(8-16(15)23-2)18-20-13-6-5-12(19)9-14(13)21-18/h4-9H,3,10H2,1-2H3,(H,20,21). The molecule has 0 amide bonds. The van der Waals surface area contributed by atoms with E-state index in [2.05, 4.69) is 9.97 Å². The van der Waals surface area contributed by atoms with Gasteiger partial charge in [0, 0.05) is 5.56 Å². The number of carbonyl (C=O) groups excluding carboxylic acids is 1. The summed E-state index contributed by atoms with van der Waals surface area (Å²) in [6.07, 6.45) is 0. The summed E-state index contributed by atoms with van der Waals surface area (Å²) in [6.45, 7) is 1.82. The number of aromatic amines is 1. The number of imidazole rings is 1. The van der Waals surface area contributed by atoms with E-state index >= 15 is 0 Å². The number of hydrogen-bond acceptors (Lipinski definition) is 5. The number of fused-ring (bicyclic) bond motifs is 1. The van der Waals surface area contributed by atoms with Crippen molar-refractivity contribution in [3.05, 3.63) is 42.2 Å². The van der Waals surface area contributed by atoms with Gasteiger partial charge in [0.1, 0.15) is 11.6 Å². The lowest BCUT2D eigenvalue weighted by Gasteiger charge is -2.11. The minimum atomic E-state index is -0.451. The zero-order chi connectivity index (χ0) is 17.8. The van der Waals surface area contributed by atoms with Crippen LogP contribution in [0, 0.1) is 5.82 Å². The van der Waals surface area contributed by atoms with Crippen LogP contribution in [-0.4, -0.2) is 36.3 Å². The number of aromatic nitrogens is 2. The Morgan fingerprint density at radius 1 is 1.20 bits per heavy atom. The van der Waals surface area contributed by atoms with E-state index in [-0.39, 0.29) is 12.4 Å². The Morgan fingerprint density at radius 3 is 2.80 bits per heavy atom. The Kier molecular flexibility index (Phi) is 4.83. The highest BCUT2D eigenvalue weighted by atomic mass is 19.1. The molecule has 0 aliphatic rings. The highest BCUT2D eigenvalue weighted by Crippen LogP contribution is 2.32. The highest BCUT2D eigenvalue weighted by Gasteiger charge is 2.12. The number of ether oxygens (including phenoxy) is 3. The second kappa shape index (κ2) is 7.21. The number of benzene rings is 2. The van der Waals surface area contributed by atoms with Gasteiger partial charge in [0.05, 0.1) is 24.8 Å². The predicted molar refractivity (Wildman–Crippen MR) is 90.2 cm³/mol. The van der Waals surface area contributed by atoms with E-state index in [9.17, 15) is 9.18 Å². The molecule has 130 valence electrons. The molecular formula is C18H17FN2O4. The fraction of sp³-hybridized carbons (Fsp3) is 0.222. The monoisotopic (exact) mass is 344 g/mol. The normalized spacial score (nSPS) is 10.7. The van der Waals surface area contributed by atoms with Gasteiger partial charge < -0.3 is 19.2 Å². The molecule has 25 heavy (non-hydrogen) atoms. The number of rotatable bonds is 6. The summed E-state index contributed by atoms with van der Waals surface area (Å²) in [5, 5.41) is 0. The first-order valence-electron chi connectivity index (χ1n) is 7.73. The molecule has 0 atom stereocenters. The molecular weight excluding hydrogens is 327 g/mol. The number of H-pyrrole nitrogens is 1. The van der Waals surface area contributed by atoms with Gasteiger partial charge in [-0.2, -0.15) is 0 Å². The van der Waals surface area contributed by atoms with Gasteiger partial charge in [-0.05, 0) is 43.3 Å². The van der Waals surface area contributed by atoms with Crippen molar-refractivity contribution in [3.63, 3.8) is 0 Å². The molecule has 0 aliphatic carbocycles. The van der Waals surface area contributed by atoms with Crippen molar-refractivity contribution in [3.8, 4) is 22.9 Å². The second-order valence-electron chi connectivity index (χ2n) is 5.21. The molecule has 0 radical (unpaired) electrons.